The topological polar surface area (TPSA) is 554 Å². The molecule has 0 spiro atoms. The van der Waals surface area contributed by atoms with Gasteiger partial charge in [-0.2, -0.15) is 8.42 Å². The molecular formula is C39H65N3O32S. The number of hydrogen-bond donors (Lipinski definition) is 19. The number of aliphatic hydroxyl groups excluding tert-OH is 14. The quantitative estimate of drug-likeness (QED) is 0.0475. The normalized spacial score (nSPS) is 43.5. The third-order valence-corrected chi connectivity index (χ3v) is 13.1. The van der Waals surface area contributed by atoms with Gasteiger partial charge in [0.15, 0.2) is 25.2 Å². The first-order valence-corrected chi connectivity index (χ1v) is 24.2. The van der Waals surface area contributed by atoms with Crippen LogP contribution in [-0.4, -0.2) is 305 Å². The Morgan fingerprint density at radius 1 is 0.600 bits per heavy atom. The Balaban J connectivity index is 1.45. The number of amides is 3. The molecule has 0 saturated carbocycles. The van der Waals surface area contributed by atoms with Crippen molar-refractivity contribution < 1.29 is 156 Å². The van der Waals surface area contributed by atoms with Gasteiger partial charge in [-0.1, -0.05) is 0 Å². The molecule has 5 fully saturated rings. The largest absolute Gasteiger partial charge is 0.477 e. The van der Waals surface area contributed by atoms with Gasteiger partial charge in [0.25, 0.3) is 5.79 Å². The van der Waals surface area contributed by atoms with Crippen LogP contribution in [0.25, 0.3) is 0 Å². The summed E-state index contributed by atoms with van der Waals surface area (Å²) in [7, 11) is -5.30. The Morgan fingerprint density at radius 3 is 1.60 bits per heavy atom. The lowest BCUT2D eigenvalue weighted by Gasteiger charge is -2.51. The van der Waals surface area contributed by atoms with Crippen molar-refractivity contribution in [2.75, 3.05) is 33.0 Å². The Labute approximate surface area is 424 Å². The molecule has 5 saturated heterocycles. The van der Waals surface area contributed by atoms with Crippen LogP contribution in [0.15, 0.2) is 0 Å². The van der Waals surface area contributed by atoms with Crippen LogP contribution in [0.1, 0.15) is 27.2 Å². The van der Waals surface area contributed by atoms with Gasteiger partial charge in [-0.05, 0) is 0 Å². The number of carboxylic acid groups (broad SMARTS) is 1. The summed E-state index contributed by atoms with van der Waals surface area (Å²) in [5, 5.41) is 169. The van der Waals surface area contributed by atoms with Gasteiger partial charge in [-0.3, -0.25) is 18.9 Å². The molecule has 434 valence electrons. The maximum absolute atomic E-state index is 13.0. The summed E-state index contributed by atoms with van der Waals surface area (Å²) in [5.74, 6) is -7.93. The van der Waals surface area contributed by atoms with E-state index in [0.29, 0.717) is 0 Å². The maximum atomic E-state index is 13.0. The second-order valence-electron chi connectivity index (χ2n) is 18.1. The third-order valence-electron chi connectivity index (χ3n) is 12.7. The molecule has 0 aromatic rings. The lowest BCUT2D eigenvalue weighted by molar-refractivity contribution is -0.388. The number of ether oxygens (including phenoxy) is 9. The number of carbonyl (C=O) groups excluding carboxylic acids is 3. The van der Waals surface area contributed by atoms with E-state index in [-0.39, 0.29) is 0 Å². The molecule has 0 radical (unpaired) electrons. The number of aliphatic hydroxyl groups is 14. The fourth-order valence-corrected chi connectivity index (χ4v) is 9.38. The van der Waals surface area contributed by atoms with Crippen molar-refractivity contribution in [2.45, 2.75) is 186 Å². The van der Waals surface area contributed by atoms with Crippen LogP contribution in [0.3, 0.4) is 0 Å². The monoisotopic (exact) mass is 1120 g/mol. The zero-order chi connectivity index (χ0) is 56.2. The average Bonchev–Trinajstić information content (AvgIpc) is 3.33. The molecule has 0 aliphatic carbocycles. The number of nitrogens with one attached hydrogen (secondary N) is 3. The van der Waals surface area contributed by atoms with Crippen LogP contribution >= 0.6 is 0 Å². The van der Waals surface area contributed by atoms with Crippen LogP contribution in [0.2, 0.25) is 0 Å². The molecular weight excluding hydrogens is 1050 g/mol. The van der Waals surface area contributed by atoms with Crippen molar-refractivity contribution in [3.8, 4) is 0 Å². The number of rotatable bonds is 21. The second-order valence-corrected chi connectivity index (χ2v) is 19.2. The van der Waals surface area contributed by atoms with E-state index in [0.717, 1.165) is 20.8 Å². The Bertz CT molecular complexity index is 2030. The van der Waals surface area contributed by atoms with Gasteiger partial charge in [-0.15, -0.1) is 0 Å². The summed E-state index contributed by atoms with van der Waals surface area (Å²) in [5.41, 5.74) is 0. The Hall–Kier alpha value is -3.17. The summed E-state index contributed by atoms with van der Waals surface area (Å²) in [4.78, 5) is 49.7. The van der Waals surface area contributed by atoms with Crippen LogP contribution in [0, 0.1) is 0 Å². The first kappa shape index (κ1) is 62.7. The molecule has 35 nitrogen and oxygen atoms in total. The van der Waals surface area contributed by atoms with Gasteiger partial charge in [0.05, 0.1) is 45.2 Å². The molecule has 0 aromatic carbocycles. The third kappa shape index (κ3) is 14.6. The molecule has 5 aliphatic rings. The predicted octanol–water partition coefficient (Wildman–Crippen LogP) is -12.5. The molecule has 0 aromatic heterocycles. The van der Waals surface area contributed by atoms with Crippen LogP contribution in [0.5, 0.6) is 0 Å². The highest BCUT2D eigenvalue weighted by Gasteiger charge is 2.61. The van der Waals surface area contributed by atoms with Gasteiger partial charge in [-0.25, -0.2) is 8.98 Å². The smallest absolute Gasteiger partial charge is 0.397 e. The second kappa shape index (κ2) is 26.2. The molecule has 0 bridgehead atoms. The molecule has 36 heteroatoms. The van der Waals surface area contributed by atoms with E-state index >= 15 is 0 Å². The summed E-state index contributed by atoms with van der Waals surface area (Å²) in [6.45, 7) is -2.81. The van der Waals surface area contributed by atoms with Gasteiger partial charge < -0.3 is 135 Å². The molecule has 5 rings (SSSR count). The van der Waals surface area contributed by atoms with Gasteiger partial charge in [0.2, 0.25) is 17.7 Å². The number of hydrogen-bond acceptors (Lipinski definition) is 30. The number of aliphatic carboxylic acids is 1. The maximum Gasteiger partial charge on any atom is 0.397 e. The fourth-order valence-electron chi connectivity index (χ4n) is 9.08. The number of carbonyl (C=O) groups is 4. The van der Waals surface area contributed by atoms with Gasteiger partial charge in [0, 0.05) is 27.2 Å². The number of carboxylic acids is 1. The minimum absolute atomic E-state index is 0.818. The van der Waals surface area contributed by atoms with Crippen molar-refractivity contribution in [1.82, 2.24) is 16.0 Å². The molecule has 0 unspecified atom stereocenters. The van der Waals surface area contributed by atoms with Crippen LogP contribution in [-0.2, 0) is 76.4 Å². The Kier molecular flexibility index (Phi) is 21.9. The van der Waals surface area contributed by atoms with Crippen molar-refractivity contribution in [2.24, 2.45) is 0 Å². The standard InChI is InChI=1S/C39H65N3O32S/c1-10(47)40-19-13(50)4-39(38(60)61,73-31(19)22(52)14(51)5-43)74-33-24(54)16(7-45)67-37(28(33)58)70-29-17(8-46)68-35(20(26(29)56)41-11(2)48)72-32-25(55)18(9-65-75(62,63)64)69-36(27(32)57)71-30-21(42-12(3)49)34(59)66-15(6-44)23(30)53/h13-37,43-46,50-59H,4-9H2,1-3H3,(H,40,47)(H,41,48)(H,42,49)(H,60,61)(H,62,63,64)/t13-,14+,15+,16+,17+,18+,19+,20+,21+,22+,23-,24-,25-,26+,27+,28+,29+,30+,31+,32-,33-,34-,35-,36-,37-,39-/m0/s1. The lowest BCUT2D eigenvalue weighted by Crippen LogP contribution is -2.71. The van der Waals surface area contributed by atoms with Gasteiger partial charge >= 0.3 is 16.4 Å². The summed E-state index contributed by atoms with van der Waals surface area (Å²) in [6, 6.07) is -5.32. The van der Waals surface area contributed by atoms with Gasteiger partial charge in [0.1, 0.15) is 116 Å². The SMILES string of the molecule is CC(=O)N[C@@H]1[C@@H](O[C@@H]2O[C@H](COS(=O)(=O)O)[C@H](O)[C@H](O[C@@H]3O[C@H](CO)[C@@H](O[C@@H]4O[C@H](CO)[C@H](O)[C@H](O[C@]5(C(=O)O)C[C@H](O)[C@@H](NC(C)=O)[C@H]([C@H](O)[C@H](O)CO)O5)[C@H]4O)[C@H](O)[C@H]3NC(C)=O)[C@H]2O)[C@@H](O)[C@@H](CO)O[C@@H]1O. The summed E-state index contributed by atoms with van der Waals surface area (Å²) < 4.78 is 87.7. The highest BCUT2D eigenvalue weighted by atomic mass is 32.3. The Morgan fingerprint density at radius 2 is 1.07 bits per heavy atom. The molecule has 5 aliphatic heterocycles. The first-order valence-electron chi connectivity index (χ1n) is 22.9. The van der Waals surface area contributed by atoms with E-state index in [1.54, 1.807) is 0 Å². The van der Waals surface area contributed by atoms with E-state index in [1.807, 2.05) is 0 Å². The summed E-state index contributed by atoms with van der Waals surface area (Å²) >= 11 is 0. The van der Waals surface area contributed by atoms with E-state index in [4.69, 9.17) is 42.6 Å². The van der Waals surface area contributed by atoms with Crippen molar-refractivity contribution in [1.29, 1.82) is 0 Å². The minimum atomic E-state index is -5.30. The van der Waals surface area contributed by atoms with E-state index in [9.17, 15) is 109 Å². The fraction of sp³-hybridized carbons (Fsp3) is 0.897. The van der Waals surface area contributed by atoms with Crippen molar-refractivity contribution >= 4 is 34.1 Å². The average molecular weight is 1120 g/mol. The predicted molar refractivity (Wildman–Crippen MR) is 229 cm³/mol. The van der Waals surface area contributed by atoms with Crippen molar-refractivity contribution in [3.63, 3.8) is 0 Å². The van der Waals surface area contributed by atoms with E-state index < -0.39 is 232 Å². The molecule has 75 heavy (non-hydrogen) atoms. The van der Waals surface area contributed by atoms with Crippen LogP contribution in [0.4, 0.5) is 0 Å². The zero-order valence-electron chi connectivity index (χ0n) is 39.8. The van der Waals surface area contributed by atoms with Crippen molar-refractivity contribution in [3.05, 3.63) is 0 Å². The minimum Gasteiger partial charge on any atom is -0.477 e. The lowest BCUT2D eigenvalue weighted by atomic mass is 9.88. The highest BCUT2D eigenvalue weighted by molar-refractivity contribution is 7.80. The molecule has 5 heterocycles. The summed E-state index contributed by atoms with van der Waals surface area (Å²) in [6.07, 6.45) is -47.5. The van der Waals surface area contributed by atoms with E-state index in [1.165, 1.54) is 0 Å². The highest BCUT2D eigenvalue weighted by Crippen LogP contribution is 2.39. The molecule has 19 N–H and O–H groups in total. The molecule has 26 atom stereocenters. The zero-order valence-corrected chi connectivity index (χ0v) is 40.6. The first-order chi connectivity index (χ1) is 35.0. The molecule has 3 amide bonds. The van der Waals surface area contributed by atoms with E-state index in [2.05, 4.69) is 20.1 Å². The van der Waals surface area contributed by atoms with Crippen LogP contribution < -0.4 is 16.0 Å².